The van der Waals surface area contributed by atoms with Gasteiger partial charge in [-0.3, -0.25) is 0 Å². The number of pyridine rings is 2. The van der Waals surface area contributed by atoms with E-state index in [4.69, 9.17) is 0 Å². The Kier molecular flexibility index (Phi) is 6.70. The fraction of sp³-hybridized carbons (Fsp3) is 0.0357. The average Bonchev–Trinajstić information content (AvgIpc) is 2.91. The van der Waals surface area contributed by atoms with Crippen LogP contribution in [0, 0.1) is 0 Å². The topological polar surface area (TPSA) is 84.3 Å². The fourth-order valence-corrected chi connectivity index (χ4v) is 5.23. The van der Waals surface area contributed by atoms with Gasteiger partial charge in [0, 0.05) is 0 Å². The van der Waals surface area contributed by atoms with Gasteiger partial charge < -0.3 is 0 Å². The molecule has 0 spiro atoms. The quantitative estimate of drug-likeness (QED) is 0.207. The van der Waals surface area contributed by atoms with Gasteiger partial charge >= 0.3 is 209 Å². The predicted molar refractivity (Wildman–Crippen MR) is 139 cm³/mol. The first kappa shape index (κ1) is 22.6. The van der Waals surface area contributed by atoms with Gasteiger partial charge in [-0.15, -0.1) is 0 Å². The number of carbonyl (C=O) groups excluding carboxylic acids is 2. The van der Waals surface area contributed by atoms with Gasteiger partial charge in [-0.25, -0.2) is 0 Å². The molecule has 7 heteroatoms. The van der Waals surface area contributed by atoms with E-state index in [9.17, 15) is 9.59 Å². The van der Waals surface area contributed by atoms with Crippen molar-refractivity contribution in [2.75, 3.05) is 0 Å². The number of nitrogens with zero attached hydrogens (tertiary/aromatic N) is 3. The molecular formula is C28H20N4O2Se. The van der Waals surface area contributed by atoms with Crippen LogP contribution < -0.4 is 5.32 Å². The van der Waals surface area contributed by atoms with Crippen molar-refractivity contribution in [1.29, 1.82) is 0 Å². The summed E-state index contributed by atoms with van der Waals surface area (Å²) in [5.74, 6) is -0.786. The number of carbonyl (C=O) groups is 2. The Hall–Kier alpha value is -4.19. The van der Waals surface area contributed by atoms with Crippen LogP contribution in [0.1, 0.15) is 26.3 Å². The van der Waals surface area contributed by atoms with Crippen LogP contribution >= 0.6 is 0 Å². The van der Waals surface area contributed by atoms with Crippen molar-refractivity contribution in [3.8, 4) is 0 Å². The van der Waals surface area contributed by atoms with Crippen molar-refractivity contribution < 1.29 is 9.59 Å². The second kappa shape index (κ2) is 10.4. The van der Waals surface area contributed by atoms with E-state index >= 15 is 0 Å². The van der Waals surface area contributed by atoms with Crippen molar-refractivity contribution in [3.63, 3.8) is 0 Å². The van der Waals surface area contributed by atoms with Gasteiger partial charge in [-0.1, -0.05) is 0 Å². The Morgan fingerprint density at radius 3 is 2.00 bits per heavy atom. The summed E-state index contributed by atoms with van der Waals surface area (Å²) in [6, 6.07) is 28.7. The number of rotatable bonds is 5. The summed E-state index contributed by atoms with van der Waals surface area (Å²) in [4.78, 5) is 39.1. The molecule has 5 rings (SSSR count). The van der Waals surface area contributed by atoms with E-state index in [0.29, 0.717) is 21.2 Å². The SMILES string of the molecule is O=C(N=C(NC(=O)c1cnc2ccccc2c1)[Se]Cc1ccccc1)c1cnc2ccccc2c1. The summed E-state index contributed by atoms with van der Waals surface area (Å²) in [7, 11) is 0. The standard InChI is InChI=1S/C28H20N4O2Se/c33-26(22-14-20-10-4-6-12-24(20)29-16-22)31-28(35-18-19-8-2-1-3-9-19)32-27(34)23-15-21-11-5-7-13-25(21)30-17-23/h1-17H,18H2,(H,31,32,33,34). The van der Waals surface area contributed by atoms with E-state index in [-0.39, 0.29) is 20.9 Å². The molecule has 0 bridgehead atoms. The van der Waals surface area contributed by atoms with E-state index in [1.165, 1.54) is 12.4 Å². The zero-order chi connectivity index (χ0) is 24.0. The monoisotopic (exact) mass is 524 g/mol. The molecule has 2 amide bonds. The molecule has 0 aliphatic carbocycles. The molecule has 0 aliphatic heterocycles. The molecule has 0 radical (unpaired) electrons. The van der Waals surface area contributed by atoms with E-state index in [1.807, 2.05) is 78.9 Å². The molecule has 0 atom stereocenters. The Morgan fingerprint density at radius 1 is 0.743 bits per heavy atom. The normalized spacial score (nSPS) is 11.5. The Balaban J connectivity index is 1.42. The molecule has 6 nitrogen and oxygen atoms in total. The zero-order valence-electron chi connectivity index (χ0n) is 18.6. The number of amides is 2. The number of para-hydroxylation sites is 2. The van der Waals surface area contributed by atoms with Gasteiger partial charge in [-0.2, -0.15) is 0 Å². The number of fused-ring (bicyclic) bond motifs is 2. The van der Waals surface area contributed by atoms with Crippen molar-refractivity contribution in [1.82, 2.24) is 15.3 Å². The summed E-state index contributed by atoms with van der Waals surface area (Å²) < 4.78 is 0.359. The number of hydrogen-bond acceptors (Lipinski definition) is 4. The molecule has 0 unspecified atom stereocenters. The third-order valence-electron chi connectivity index (χ3n) is 5.33. The van der Waals surface area contributed by atoms with Crippen LogP contribution in [-0.4, -0.2) is 41.5 Å². The maximum absolute atomic E-state index is 13.1. The molecule has 5 aromatic rings. The van der Waals surface area contributed by atoms with Crippen molar-refractivity contribution >= 4 is 53.3 Å². The molecule has 0 saturated carbocycles. The third-order valence-corrected chi connectivity index (χ3v) is 7.31. The Bertz CT molecular complexity index is 1570. The molecular weight excluding hydrogens is 503 g/mol. The maximum atomic E-state index is 13.1. The Labute approximate surface area is 208 Å². The average molecular weight is 523 g/mol. The summed E-state index contributed by atoms with van der Waals surface area (Å²) in [5.41, 5.74) is 3.51. The van der Waals surface area contributed by atoms with E-state index in [0.717, 1.165) is 27.4 Å². The number of aliphatic imine (C=N–C) groups is 1. The molecule has 35 heavy (non-hydrogen) atoms. The number of nitrogens with one attached hydrogen (secondary N) is 1. The van der Waals surface area contributed by atoms with Crippen LogP contribution in [0.4, 0.5) is 0 Å². The van der Waals surface area contributed by atoms with Crippen LogP contribution in [0.3, 0.4) is 0 Å². The Morgan fingerprint density at radius 2 is 1.31 bits per heavy atom. The molecule has 0 aliphatic rings. The number of amidine groups is 1. The first-order valence-electron chi connectivity index (χ1n) is 11.0. The van der Waals surface area contributed by atoms with Gasteiger partial charge in [0.2, 0.25) is 0 Å². The summed E-state index contributed by atoms with van der Waals surface area (Å²) in [5, 5.41) is 5.28. The van der Waals surface area contributed by atoms with E-state index in [2.05, 4.69) is 20.3 Å². The fourth-order valence-electron chi connectivity index (χ4n) is 3.53. The van der Waals surface area contributed by atoms with Crippen LogP contribution in [-0.2, 0) is 5.32 Å². The van der Waals surface area contributed by atoms with E-state index in [1.54, 1.807) is 12.1 Å². The molecule has 0 saturated heterocycles. The van der Waals surface area contributed by atoms with Gasteiger partial charge in [0.1, 0.15) is 0 Å². The second-order valence-corrected chi connectivity index (χ2v) is 9.81. The molecule has 1 N–H and O–H groups in total. The van der Waals surface area contributed by atoms with E-state index < -0.39 is 5.91 Å². The van der Waals surface area contributed by atoms with Crippen LogP contribution in [0.25, 0.3) is 21.8 Å². The van der Waals surface area contributed by atoms with Crippen molar-refractivity contribution in [3.05, 3.63) is 120 Å². The van der Waals surface area contributed by atoms with Gasteiger partial charge in [0.15, 0.2) is 0 Å². The first-order chi connectivity index (χ1) is 17.2. The van der Waals surface area contributed by atoms with Crippen molar-refractivity contribution in [2.24, 2.45) is 4.99 Å². The molecule has 2 aromatic heterocycles. The van der Waals surface area contributed by atoms with Crippen LogP contribution in [0.15, 0.2) is 108 Å². The van der Waals surface area contributed by atoms with Gasteiger partial charge in [0.05, 0.1) is 0 Å². The summed E-state index contributed by atoms with van der Waals surface area (Å²) >= 11 is -0.277. The summed E-state index contributed by atoms with van der Waals surface area (Å²) in [6.45, 7) is 0. The van der Waals surface area contributed by atoms with Gasteiger partial charge in [0.25, 0.3) is 0 Å². The van der Waals surface area contributed by atoms with Crippen molar-refractivity contribution in [2.45, 2.75) is 5.32 Å². The minimum atomic E-state index is -0.440. The minimum absolute atomic E-state index is 0.277. The molecule has 0 fully saturated rings. The molecule has 3 aromatic carbocycles. The number of aromatic nitrogens is 2. The first-order valence-corrected chi connectivity index (χ1v) is 13.0. The van der Waals surface area contributed by atoms with Crippen LogP contribution in [0.2, 0.25) is 0 Å². The molecule has 170 valence electrons. The van der Waals surface area contributed by atoms with Gasteiger partial charge in [-0.05, 0) is 0 Å². The molecule has 2 heterocycles. The third kappa shape index (κ3) is 5.49. The zero-order valence-corrected chi connectivity index (χ0v) is 20.3. The second-order valence-electron chi connectivity index (χ2n) is 7.78. The summed E-state index contributed by atoms with van der Waals surface area (Å²) in [6.07, 6.45) is 3.06. The predicted octanol–water partition coefficient (Wildman–Crippen LogP) is 4.61. The van der Waals surface area contributed by atoms with Crippen LogP contribution in [0.5, 0.6) is 0 Å². The number of hydrogen-bond donors (Lipinski definition) is 1. The number of benzene rings is 3.